The van der Waals surface area contributed by atoms with Gasteiger partial charge >= 0.3 is 5.97 Å². The third kappa shape index (κ3) is 4.17. The van der Waals surface area contributed by atoms with Gasteiger partial charge in [-0.3, -0.25) is 0 Å². The van der Waals surface area contributed by atoms with Gasteiger partial charge < -0.3 is 4.74 Å². The van der Waals surface area contributed by atoms with Gasteiger partial charge in [-0.05, 0) is 47.2 Å². The van der Waals surface area contributed by atoms with E-state index in [0.717, 1.165) is 16.7 Å². The molecule has 0 saturated heterocycles. The summed E-state index contributed by atoms with van der Waals surface area (Å²) in [6.45, 7) is 8.44. The Bertz CT molecular complexity index is 895. The van der Waals surface area contributed by atoms with E-state index in [1.807, 2.05) is 67.6 Å². The van der Waals surface area contributed by atoms with E-state index in [-0.39, 0.29) is 5.41 Å². The van der Waals surface area contributed by atoms with Crippen LogP contribution in [0.2, 0.25) is 0 Å². The van der Waals surface area contributed by atoms with Crippen molar-refractivity contribution in [1.82, 2.24) is 0 Å². The zero-order valence-electron chi connectivity index (χ0n) is 15.6. The van der Waals surface area contributed by atoms with Gasteiger partial charge in [-0.15, -0.1) is 0 Å². The third-order valence-electron chi connectivity index (χ3n) is 4.18. The minimum absolute atomic E-state index is 0.0805. The van der Waals surface area contributed by atoms with Crippen LogP contribution in [0.3, 0.4) is 0 Å². The quantitative estimate of drug-likeness (QED) is 0.561. The zero-order chi connectivity index (χ0) is 18.7. The normalized spacial score (nSPS) is 16.6. The molecule has 3 nitrogen and oxygen atoms in total. The first-order chi connectivity index (χ1) is 12.3. The Labute approximate surface area is 154 Å². The number of hydrogen-bond acceptors (Lipinski definition) is 3. The molecule has 0 saturated carbocycles. The summed E-state index contributed by atoms with van der Waals surface area (Å²) in [5.41, 5.74) is 4.45. The summed E-state index contributed by atoms with van der Waals surface area (Å²) in [7, 11) is 0. The van der Waals surface area contributed by atoms with E-state index in [4.69, 9.17) is 4.74 Å². The minimum atomic E-state index is -0.416. The highest BCUT2D eigenvalue weighted by Crippen LogP contribution is 2.24. The summed E-state index contributed by atoms with van der Waals surface area (Å²) >= 11 is 0. The predicted molar refractivity (Wildman–Crippen MR) is 106 cm³/mol. The number of rotatable bonds is 3. The molecule has 0 aliphatic carbocycles. The largest absolute Gasteiger partial charge is 0.402 e. The van der Waals surface area contributed by atoms with Crippen molar-refractivity contribution in [3.05, 3.63) is 88.6 Å². The lowest BCUT2D eigenvalue weighted by atomic mass is 9.87. The van der Waals surface area contributed by atoms with Gasteiger partial charge in [-0.2, -0.15) is 0 Å². The summed E-state index contributed by atoms with van der Waals surface area (Å²) in [4.78, 5) is 16.5. The van der Waals surface area contributed by atoms with Crippen LogP contribution in [0.25, 0.3) is 6.08 Å². The number of hydrogen-bond donors (Lipinski definition) is 0. The van der Waals surface area contributed by atoms with Crippen LogP contribution in [0.1, 0.15) is 44.4 Å². The van der Waals surface area contributed by atoms with E-state index in [9.17, 15) is 4.79 Å². The van der Waals surface area contributed by atoms with Crippen LogP contribution < -0.4 is 0 Å². The molecule has 1 aliphatic rings. The van der Waals surface area contributed by atoms with Crippen molar-refractivity contribution in [1.29, 1.82) is 0 Å². The van der Waals surface area contributed by atoms with Crippen LogP contribution in [0.5, 0.6) is 0 Å². The smallest absolute Gasteiger partial charge is 0.363 e. The lowest BCUT2D eigenvalue weighted by Gasteiger charge is -2.18. The fourth-order valence-electron chi connectivity index (χ4n) is 2.71. The lowest BCUT2D eigenvalue weighted by molar-refractivity contribution is -0.130. The lowest BCUT2D eigenvalue weighted by Crippen LogP contribution is -2.11. The summed E-state index contributed by atoms with van der Waals surface area (Å²) in [6.07, 6.45) is 3.76. The van der Waals surface area contributed by atoms with Gasteiger partial charge in [-0.1, -0.05) is 69.3 Å². The second-order valence-electron chi connectivity index (χ2n) is 7.46. The number of nitrogens with zero attached hydrogens (tertiary/aromatic N) is 1. The van der Waals surface area contributed by atoms with E-state index in [2.05, 4.69) is 25.8 Å². The fourth-order valence-corrected chi connectivity index (χ4v) is 2.71. The molecule has 0 N–H and O–H groups in total. The van der Waals surface area contributed by atoms with Gasteiger partial charge in [0.05, 0.1) is 0 Å². The highest BCUT2D eigenvalue weighted by molar-refractivity contribution is 6.11. The van der Waals surface area contributed by atoms with E-state index < -0.39 is 5.97 Å². The summed E-state index contributed by atoms with van der Waals surface area (Å²) in [5.74, 6) is -0.0603. The molecule has 3 rings (SSSR count). The predicted octanol–water partition coefficient (Wildman–Crippen LogP) is 5.27. The second kappa shape index (κ2) is 7.12. The topological polar surface area (TPSA) is 38.7 Å². The van der Waals surface area contributed by atoms with Gasteiger partial charge in [0.2, 0.25) is 5.90 Å². The number of benzene rings is 2. The first kappa shape index (κ1) is 17.9. The average Bonchev–Trinajstić information content (AvgIpc) is 2.96. The molecule has 0 aromatic heterocycles. The molecule has 26 heavy (non-hydrogen) atoms. The Hall–Kier alpha value is -2.94. The molecule has 132 valence electrons. The highest BCUT2D eigenvalue weighted by Gasteiger charge is 2.24. The maximum Gasteiger partial charge on any atom is 0.363 e. The minimum Gasteiger partial charge on any atom is -0.402 e. The maximum atomic E-state index is 12.1. The van der Waals surface area contributed by atoms with Crippen LogP contribution in [0.15, 0.2) is 76.9 Å². The first-order valence-electron chi connectivity index (χ1n) is 8.70. The average molecular weight is 345 g/mol. The van der Waals surface area contributed by atoms with E-state index in [1.165, 1.54) is 5.56 Å². The Morgan fingerprint density at radius 2 is 1.65 bits per heavy atom. The number of cyclic esters (lactones) is 1. The van der Waals surface area contributed by atoms with E-state index >= 15 is 0 Å². The Kier molecular flexibility index (Phi) is 4.90. The van der Waals surface area contributed by atoms with E-state index in [1.54, 1.807) is 6.08 Å². The van der Waals surface area contributed by atoms with Crippen molar-refractivity contribution in [3.63, 3.8) is 0 Å². The molecular weight excluding hydrogens is 322 g/mol. The zero-order valence-corrected chi connectivity index (χ0v) is 15.6. The van der Waals surface area contributed by atoms with Crippen molar-refractivity contribution in [2.24, 2.45) is 4.99 Å². The monoisotopic (exact) mass is 345 g/mol. The molecule has 0 amide bonds. The third-order valence-corrected chi connectivity index (χ3v) is 4.18. The van der Waals surface area contributed by atoms with Gasteiger partial charge in [0.15, 0.2) is 5.70 Å². The SMILES string of the molecule is CC(=C/c1ccccc1)/C=C1/N=C(c2ccc(C(C)(C)C)cc2)OC1=O. The molecular formula is C23H23NO2. The Morgan fingerprint density at radius 3 is 2.27 bits per heavy atom. The molecule has 2 aromatic rings. The number of carbonyl (C=O) groups is 1. The molecule has 0 bridgehead atoms. The molecule has 3 heteroatoms. The number of allylic oxidation sites excluding steroid dienone is 2. The molecule has 2 aromatic carbocycles. The number of esters is 1. The molecule has 0 unspecified atom stereocenters. The molecule has 0 fully saturated rings. The summed E-state index contributed by atoms with van der Waals surface area (Å²) < 4.78 is 5.35. The van der Waals surface area contributed by atoms with E-state index in [0.29, 0.717) is 11.6 Å². The van der Waals surface area contributed by atoms with Crippen LogP contribution in [-0.2, 0) is 14.9 Å². The second-order valence-corrected chi connectivity index (χ2v) is 7.46. The molecule has 1 heterocycles. The van der Waals surface area contributed by atoms with Crippen molar-refractivity contribution in [3.8, 4) is 0 Å². The fraction of sp³-hybridized carbons (Fsp3) is 0.217. The highest BCUT2D eigenvalue weighted by atomic mass is 16.6. The Balaban J connectivity index is 1.84. The summed E-state index contributed by atoms with van der Waals surface area (Å²) in [6, 6.07) is 18.0. The Morgan fingerprint density at radius 1 is 1.00 bits per heavy atom. The molecule has 0 radical (unpaired) electrons. The van der Waals surface area contributed by atoms with Crippen LogP contribution in [-0.4, -0.2) is 11.9 Å². The van der Waals surface area contributed by atoms with Crippen LogP contribution >= 0.6 is 0 Å². The summed E-state index contributed by atoms with van der Waals surface area (Å²) in [5, 5.41) is 0. The van der Waals surface area contributed by atoms with Crippen molar-refractivity contribution < 1.29 is 9.53 Å². The standard InChI is InChI=1S/C23H23NO2/c1-16(14-17-8-6-5-7-9-17)15-20-22(25)26-21(24-20)18-10-12-19(13-11-18)23(2,3)4/h5-15H,1-4H3/b16-14-,20-15+. The van der Waals surface area contributed by atoms with Crippen molar-refractivity contribution in [2.45, 2.75) is 33.1 Å². The van der Waals surface area contributed by atoms with Gasteiger partial charge in [0.25, 0.3) is 0 Å². The maximum absolute atomic E-state index is 12.1. The van der Waals surface area contributed by atoms with Crippen molar-refractivity contribution >= 4 is 17.9 Å². The number of carbonyl (C=O) groups excluding carboxylic acids is 1. The number of aliphatic imine (C=N–C) groups is 1. The molecule has 0 spiro atoms. The van der Waals surface area contributed by atoms with Gasteiger partial charge in [0.1, 0.15) is 0 Å². The molecule has 1 aliphatic heterocycles. The van der Waals surface area contributed by atoms with Gasteiger partial charge in [0, 0.05) is 5.56 Å². The van der Waals surface area contributed by atoms with Crippen LogP contribution in [0, 0.1) is 0 Å². The van der Waals surface area contributed by atoms with Gasteiger partial charge in [-0.25, -0.2) is 9.79 Å². The van der Waals surface area contributed by atoms with Crippen molar-refractivity contribution in [2.75, 3.05) is 0 Å². The first-order valence-corrected chi connectivity index (χ1v) is 8.70. The number of ether oxygens (including phenoxy) is 1. The van der Waals surface area contributed by atoms with Crippen LogP contribution in [0.4, 0.5) is 0 Å². The molecule has 0 atom stereocenters.